The molecule has 0 fully saturated rings. The third-order valence-electron chi connectivity index (χ3n) is 16.1. The first-order chi connectivity index (χ1) is 37.1. The van der Waals surface area contributed by atoms with Gasteiger partial charge in [0, 0.05) is 44.6 Å². The average Bonchev–Trinajstić information content (AvgIpc) is 3.98. The molecule has 1 aliphatic rings. The van der Waals surface area contributed by atoms with Crippen molar-refractivity contribution in [3.8, 4) is 44.5 Å². The van der Waals surface area contributed by atoms with Gasteiger partial charge >= 0.3 is 0 Å². The van der Waals surface area contributed by atoms with Crippen LogP contribution in [-0.2, 0) is 21.7 Å². The van der Waals surface area contributed by atoms with Crippen LogP contribution in [0.4, 0.5) is 38.5 Å². The summed E-state index contributed by atoms with van der Waals surface area (Å²) in [4.78, 5) is 4.81. The summed E-state index contributed by atoms with van der Waals surface area (Å²) in [5.41, 5.74) is 20.3. The molecule has 0 aliphatic heterocycles. The quantitative estimate of drug-likeness (QED) is 0.165. The number of hydrogen-bond donors (Lipinski definition) is 0. The molecule has 1 aromatic heterocycles. The number of nitrogens with zero attached hydrogens (tertiary/aromatic N) is 2. The van der Waals surface area contributed by atoms with Gasteiger partial charge in [0.1, 0.15) is 17.0 Å². The van der Waals surface area contributed by atoms with Crippen molar-refractivity contribution in [3.63, 3.8) is 0 Å². The second-order valence-electron chi connectivity index (χ2n) is 25.6. The number of fused-ring (bicyclic) bond motifs is 14. The maximum Gasteiger partial charge on any atom is 0.146 e. The zero-order valence-electron chi connectivity index (χ0n) is 47.2. The first-order valence-electron chi connectivity index (χ1n) is 27.6. The maximum atomic E-state index is 16.5. The fraction of sp³-hybridized carbons (Fsp3) is 0.216. The Morgan fingerprint density at radius 1 is 0.321 bits per heavy atom. The molecule has 0 saturated carbocycles. The van der Waals surface area contributed by atoms with Crippen LogP contribution >= 0.6 is 0 Å². The van der Waals surface area contributed by atoms with Crippen LogP contribution in [-0.4, -0.2) is 0 Å². The van der Waals surface area contributed by atoms with Crippen LogP contribution in [0.25, 0.3) is 77.2 Å². The number of hydrogen-bond acceptors (Lipinski definition) is 3. The van der Waals surface area contributed by atoms with Gasteiger partial charge in [-0.2, -0.15) is 0 Å². The highest BCUT2D eigenvalue weighted by Gasteiger charge is 2.33. The summed E-state index contributed by atoms with van der Waals surface area (Å²) in [5.74, 6) is -0.303. The zero-order chi connectivity index (χ0) is 54.6. The van der Waals surface area contributed by atoms with Gasteiger partial charge in [0.25, 0.3) is 0 Å². The number of halogens is 1. The molecule has 0 N–H and O–H groups in total. The van der Waals surface area contributed by atoms with E-state index in [1.807, 2.05) is 6.07 Å². The lowest BCUT2D eigenvalue weighted by Gasteiger charge is -2.32. The largest absolute Gasteiger partial charge is 0.455 e. The Hall–Kier alpha value is -8.21. The summed E-state index contributed by atoms with van der Waals surface area (Å²) in [6.45, 7) is 27.1. The van der Waals surface area contributed by atoms with E-state index >= 15 is 4.39 Å². The minimum Gasteiger partial charge on any atom is -0.455 e. The molecule has 78 heavy (non-hydrogen) atoms. The molecule has 0 unspecified atom stereocenters. The predicted molar refractivity (Wildman–Crippen MR) is 331 cm³/mol. The highest BCUT2D eigenvalue weighted by Crippen LogP contribution is 2.58. The topological polar surface area (TPSA) is 19.6 Å². The first-order valence-corrected chi connectivity index (χ1v) is 27.6. The minimum atomic E-state index is -0.303. The lowest BCUT2D eigenvalue weighted by atomic mass is 9.78. The van der Waals surface area contributed by atoms with Gasteiger partial charge in [-0.1, -0.05) is 204 Å². The van der Waals surface area contributed by atoms with Crippen molar-refractivity contribution in [1.29, 1.82) is 0 Å². The summed E-state index contributed by atoms with van der Waals surface area (Å²) in [6.07, 6.45) is 0. The molecule has 0 spiro atoms. The van der Waals surface area contributed by atoms with Crippen molar-refractivity contribution >= 4 is 66.8 Å². The second kappa shape index (κ2) is 18.5. The van der Waals surface area contributed by atoms with Crippen LogP contribution in [0.2, 0.25) is 0 Å². The summed E-state index contributed by atoms with van der Waals surface area (Å²) < 4.78 is 23.9. The monoisotopic (exact) mass is 1020 g/mol. The second-order valence-corrected chi connectivity index (χ2v) is 25.6. The van der Waals surface area contributed by atoms with E-state index in [2.05, 4.69) is 275 Å². The fourth-order valence-corrected chi connectivity index (χ4v) is 11.8. The summed E-state index contributed by atoms with van der Waals surface area (Å²) >= 11 is 0. The maximum absolute atomic E-state index is 16.5. The van der Waals surface area contributed by atoms with Gasteiger partial charge in [0.15, 0.2) is 0 Å². The predicted octanol–water partition coefficient (Wildman–Crippen LogP) is 22.0. The standard InChI is InChI=1S/C74H69FN2O/c1-71(2,3)46-25-34-51(35-26-46)76(52-36-27-47(28-37-52)72(4,5)6)64-44-62-56-20-14-13-19-55(56)57-42-33-50(75)43-61(57)63-45-65(68-60-23-17-18-24-66(60)78-70(68)69(63)67(62)59-22-16-15-21-58(59)64)77(53-38-29-48(30-39-53)73(7,8)9)54-40-31-49(32-41-54)74(10,11)12/h13-45H,1-12H3. The van der Waals surface area contributed by atoms with Crippen LogP contribution < -0.4 is 9.80 Å². The average molecular weight is 1020 g/mol. The van der Waals surface area contributed by atoms with Gasteiger partial charge in [0.2, 0.25) is 0 Å². The van der Waals surface area contributed by atoms with Crippen LogP contribution in [0.15, 0.2) is 205 Å². The molecule has 12 rings (SSSR count). The Morgan fingerprint density at radius 3 is 1.17 bits per heavy atom. The molecule has 0 saturated heterocycles. The first kappa shape index (κ1) is 50.6. The zero-order valence-corrected chi connectivity index (χ0v) is 47.2. The molecule has 3 nitrogen and oxygen atoms in total. The Kier molecular flexibility index (Phi) is 12.0. The van der Waals surface area contributed by atoms with Crippen LogP contribution in [0.1, 0.15) is 105 Å². The molecule has 11 aromatic rings. The van der Waals surface area contributed by atoms with Crippen molar-refractivity contribution in [1.82, 2.24) is 0 Å². The van der Waals surface area contributed by atoms with Gasteiger partial charge in [-0.25, -0.2) is 4.39 Å². The summed E-state index contributed by atoms with van der Waals surface area (Å²) in [7, 11) is 0. The highest BCUT2D eigenvalue weighted by molar-refractivity contribution is 6.25. The third-order valence-corrected chi connectivity index (χ3v) is 16.1. The van der Waals surface area contributed by atoms with Gasteiger partial charge in [0.05, 0.1) is 16.8 Å². The SMILES string of the molecule is CC(C)(C)c1ccc(N(c2ccc(C(C)(C)C)cc2)c2cc3c(c4ccccc24)-c2c(cc(N(c4ccc(C(C)(C)C)cc4)c4ccc(C(C)(C)C)cc4)c4c2oc2ccccc24)-c2cc(F)ccc2-c2ccccc2-3)cc1. The van der Waals surface area contributed by atoms with Gasteiger partial charge in [-0.15, -0.1) is 0 Å². The van der Waals surface area contributed by atoms with Crippen molar-refractivity contribution in [3.05, 3.63) is 228 Å². The minimum absolute atomic E-state index is 0.0179. The van der Waals surface area contributed by atoms with Crippen molar-refractivity contribution in [2.75, 3.05) is 9.80 Å². The molecule has 388 valence electrons. The highest BCUT2D eigenvalue weighted by atomic mass is 19.1. The smallest absolute Gasteiger partial charge is 0.146 e. The molecular weight excluding hydrogens is 952 g/mol. The van der Waals surface area contributed by atoms with E-state index in [4.69, 9.17) is 4.42 Å². The molecular formula is C74H69FN2O. The van der Waals surface area contributed by atoms with E-state index in [0.29, 0.717) is 0 Å². The normalized spacial score (nSPS) is 12.7. The number of anilines is 6. The van der Waals surface area contributed by atoms with Crippen LogP contribution in [0.5, 0.6) is 0 Å². The number of furan rings is 1. The van der Waals surface area contributed by atoms with Crippen molar-refractivity contribution in [2.45, 2.75) is 105 Å². The Labute approximate surface area is 460 Å². The Morgan fingerprint density at radius 2 is 0.692 bits per heavy atom. The van der Waals surface area contributed by atoms with E-state index in [1.165, 1.54) is 22.3 Å². The number of benzene rings is 10. The molecule has 0 atom stereocenters. The fourth-order valence-electron chi connectivity index (χ4n) is 11.8. The van der Waals surface area contributed by atoms with Gasteiger partial charge in [-0.05, 0) is 162 Å². The number of rotatable bonds is 6. The molecule has 10 aromatic carbocycles. The lowest BCUT2D eigenvalue weighted by molar-refractivity contribution is 0.590. The molecule has 0 bridgehead atoms. The molecule has 1 aliphatic carbocycles. The lowest BCUT2D eigenvalue weighted by Crippen LogP contribution is -2.15. The van der Waals surface area contributed by atoms with Crippen LogP contribution in [0.3, 0.4) is 0 Å². The summed E-state index contributed by atoms with van der Waals surface area (Å²) in [5, 5.41) is 4.12. The van der Waals surface area contributed by atoms with Crippen molar-refractivity contribution < 1.29 is 8.81 Å². The molecule has 4 heteroatoms. The summed E-state index contributed by atoms with van der Waals surface area (Å²) in [6, 6.07) is 72.2. The van der Waals surface area contributed by atoms with E-state index < -0.39 is 0 Å². The van der Waals surface area contributed by atoms with E-state index in [0.717, 1.165) is 111 Å². The Balaban J connectivity index is 1.23. The molecule has 1 heterocycles. The van der Waals surface area contributed by atoms with Gasteiger partial charge < -0.3 is 14.2 Å². The van der Waals surface area contributed by atoms with E-state index in [1.54, 1.807) is 12.1 Å². The molecule has 0 amide bonds. The number of para-hydroxylation sites is 1. The molecule has 0 radical (unpaired) electrons. The van der Waals surface area contributed by atoms with Crippen molar-refractivity contribution in [2.24, 2.45) is 0 Å². The van der Waals surface area contributed by atoms with Crippen LogP contribution in [0, 0.1) is 5.82 Å². The Bertz CT molecular complexity index is 3980. The van der Waals surface area contributed by atoms with Gasteiger partial charge in [-0.3, -0.25) is 0 Å². The van der Waals surface area contributed by atoms with E-state index in [-0.39, 0.29) is 27.5 Å². The third kappa shape index (κ3) is 8.76. The van der Waals surface area contributed by atoms with E-state index in [9.17, 15) is 0 Å².